The van der Waals surface area contributed by atoms with Gasteiger partial charge in [-0.2, -0.15) is 0 Å². The van der Waals surface area contributed by atoms with Gasteiger partial charge in [0.1, 0.15) is 0 Å². The summed E-state index contributed by atoms with van der Waals surface area (Å²) in [6.07, 6.45) is 3.59. The van der Waals surface area contributed by atoms with Gasteiger partial charge in [0, 0.05) is 12.5 Å². The topological polar surface area (TPSA) is 41.1 Å². The van der Waals surface area contributed by atoms with Crippen LogP contribution in [0.3, 0.4) is 0 Å². The van der Waals surface area contributed by atoms with Gasteiger partial charge in [-0.1, -0.05) is 37.3 Å². The minimum absolute atomic E-state index is 0.203. The van der Waals surface area contributed by atoms with Crippen molar-refractivity contribution in [3.8, 4) is 0 Å². The van der Waals surface area contributed by atoms with E-state index in [1.54, 1.807) is 0 Å². The highest BCUT2D eigenvalue weighted by Gasteiger charge is 2.22. The highest BCUT2D eigenvalue weighted by atomic mass is 16.1. The zero-order valence-corrected chi connectivity index (χ0v) is 11.7. The molecule has 3 heteroatoms. The number of hydrogen-bond acceptors (Lipinski definition) is 2. The Morgan fingerprint density at radius 1 is 1.37 bits per heavy atom. The van der Waals surface area contributed by atoms with Crippen molar-refractivity contribution in [1.29, 1.82) is 0 Å². The van der Waals surface area contributed by atoms with Crippen molar-refractivity contribution in [2.24, 2.45) is 5.92 Å². The standard InChI is InChI=1S/C16H24N2O/c1-13-12-17-11-10-15(13)18-16(19)9-5-8-14-6-3-2-4-7-14/h2-4,6-7,13,15,17H,5,8-12H2,1H3,(H,18,19). The number of rotatable bonds is 5. The highest BCUT2D eigenvalue weighted by Crippen LogP contribution is 2.11. The summed E-state index contributed by atoms with van der Waals surface area (Å²) >= 11 is 0. The maximum absolute atomic E-state index is 11.9. The lowest BCUT2D eigenvalue weighted by molar-refractivity contribution is -0.122. The quantitative estimate of drug-likeness (QED) is 0.851. The molecule has 2 N–H and O–H groups in total. The summed E-state index contributed by atoms with van der Waals surface area (Å²) in [5, 5.41) is 6.53. The Labute approximate surface area is 115 Å². The minimum Gasteiger partial charge on any atom is -0.353 e. The molecule has 1 amide bonds. The van der Waals surface area contributed by atoms with E-state index >= 15 is 0 Å². The summed E-state index contributed by atoms with van der Waals surface area (Å²) in [5.74, 6) is 0.738. The van der Waals surface area contributed by atoms with Crippen molar-refractivity contribution in [3.05, 3.63) is 35.9 Å². The summed E-state index contributed by atoms with van der Waals surface area (Å²) in [4.78, 5) is 11.9. The van der Waals surface area contributed by atoms with Crippen LogP contribution in [0.2, 0.25) is 0 Å². The second-order valence-electron chi connectivity index (χ2n) is 5.48. The molecule has 2 rings (SSSR count). The third-order valence-corrected chi connectivity index (χ3v) is 3.84. The van der Waals surface area contributed by atoms with Gasteiger partial charge in [0.2, 0.25) is 5.91 Å². The lowest BCUT2D eigenvalue weighted by atomic mass is 9.95. The molecule has 2 unspecified atom stereocenters. The molecule has 0 aliphatic carbocycles. The van der Waals surface area contributed by atoms with E-state index in [0.717, 1.165) is 32.4 Å². The Balaban J connectivity index is 1.67. The predicted octanol–water partition coefficient (Wildman–Crippen LogP) is 2.12. The van der Waals surface area contributed by atoms with Gasteiger partial charge in [-0.05, 0) is 43.8 Å². The molecule has 1 saturated heterocycles. The summed E-state index contributed by atoms with van der Waals surface area (Å²) < 4.78 is 0. The molecule has 1 fully saturated rings. The Kier molecular flexibility index (Phi) is 5.40. The van der Waals surface area contributed by atoms with Crippen LogP contribution in [0.4, 0.5) is 0 Å². The van der Waals surface area contributed by atoms with Crippen LogP contribution in [0.5, 0.6) is 0 Å². The zero-order valence-electron chi connectivity index (χ0n) is 11.7. The first kappa shape index (κ1) is 14.1. The van der Waals surface area contributed by atoms with Gasteiger partial charge >= 0.3 is 0 Å². The molecule has 1 aromatic rings. The van der Waals surface area contributed by atoms with E-state index in [2.05, 4.69) is 29.7 Å². The van der Waals surface area contributed by atoms with Crippen LogP contribution in [-0.2, 0) is 11.2 Å². The largest absolute Gasteiger partial charge is 0.353 e. The van der Waals surface area contributed by atoms with Crippen molar-refractivity contribution in [3.63, 3.8) is 0 Å². The van der Waals surface area contributed by atoms with Gasteiger partial charge < -0.3 is 10.6 Å². The summed E-state index contributed by atoms with van der Waals surface area (Å²) in [6, 6.07) is 10.7. The maximum atomic E-state index is 11.9. The summed E-state index contributed by atoms with van der Waals surface area (Å²) in [5.41, 5.74) is 1.31. The molecule has 0 spiro atoms. The van der Waals surface area contributed by atoms with Crippen molar-refractivity contribution in [2.45, 2.75) is 38.6 Å². The number of amides is 1. The number of aryl methyl sites for hydroxylation is 1. The molecule has 0 radical (unpaired) electrons. The Morgan fingerprint density at radius 3 is 2.89 bits per heavy atom. The van der Waals surface area contributed by atoms with E-state index in [1.807, 2.05) is 18.2 Å². The Bertz CT molecular complexity index is 391. The van der Waals surface area contributed by atoms with Gasteiger partial charge in [-0.3, -0.25) is 4.79 Å². The molecule has 0 saturated carbocycles. The average molecular weight is 260 g/mol. The molecule has 1 aliphatic heterocycles. The van der Waals surface area contributed by atoms with Gasteiger partial charge in [0.05, 0.1) is 0 Å². The predicted molar refractivity (Wildman–Crippen MR) is 78.0 cm³/mol. The molecule has 1 heterocycles. The van der Waals surface area contributed by atoms with Gasteiger partial charge in [0.25, 0.3) is 0 Å². The fraction of sp³-hybridized carbons (Fsp3) is 0.562. The summed E-state index contributed by atoms with van der Waals surface area (Å²) in [6.45, 7) is 4.22. The molecule has 104 valence electrons. The Hall–Kier alpha value is -1.35. The molecule has 0 bridgehead atoms. The third kappa shape index (κ3) is 4.67. The molecular weight excluding hydrogens is 236 g/mol. The van der Waals surface area contributed by atoms with Crippen LogP contribution in [0.15, 0.2) is 30.3 Å². The fourth-order valence-corrected chi connectivity index (χ4v) is 2.61. The zero-order chi connectivity index (χ0) is 13.5. The van der Waals surface area contributed by atoms with Crippen molar-refractivity contribution in [1.82, 2.24) is 10.6 Å². The first-order valence-electron chi connectivity index (χ1n) is 7.29. The molecule has 0 aromatic heterocycles. The average Bonchev–Trinajstić information content (AvgIpc) is 2.43. The second-order valence-corrected chi connectivity index (χ2v) is 5.48. The van der Waals surface area contributed by atoms with Crippen LogP contribution in [0.25, 0.3) is 0 Å². The van der Waals surface area contributed by atoms with E-state index in [1.165, 1.54) is 5.56 Å². The summed E-state index contributed by atoms with van der Waals surface area (Å²) in [7, 11) is 0. The molecular formula is C16H24N2O. The van der Waals surface area contributed by atoms with Crippen LogP contribution in [0.1, 0.15) is 31.7 Å². The van der Waals surface area contributed by atoms with E-state index in [4.69, 9.17) is 0 Å². The smallest absolute Gasteiger partial charge is 0.220 e. The first-order chi connectivity index (χ1) is 9.25. The fourth-order valence-electron chi connectivity index (χ4n) is 2.61. The normalized spacial score (nSPS) is 23.0. The minimum atomic E-state index is 0.203. The van der Waals surface area contributed by atoms with Crippen molar-refractivity contribution >= 4 is 5.91 Å². The maximum Gasteiger partial charge on any atom is 0.220 e. The molecule has 19 heavy (non-hydrogen) atoms. The van der Waals surface area contributed by atoms with Crippen molar-refractivity contribution in [2.75, 3.05) is 13.1 Å². The van der Waals surface area contributed by atoms with Crippen LogP contribution in [-0.4, -0.2) is 25.0 Å². The first-order valence-corrected chi connectivity index (χ1v) is 7.29. The molecule has 3 nitrogen and oxygen atoms in total. The van der Waals surface area contributed by atoms with Crippen LogP contribution >= 0.6 is 0 Å². The van der Waals surface area contributed by atoms with E-state index in [0.29, 0.717) is 18.4 Å². The number of benzene rings is 1. The number of nitrogens with one attached hydrogen (secondary N) is 2. The van der Waals surface area contributed by atoms with Gasteiger partial charge in [-0.15, -0.1) is 0 Å². The SMILES string of the molecule is CC1CNCCC1NC(=O)CCCc1ccccc1. The third-order valence-electron chi connectivity index (χ3n) is 3.84. The van der Waals surface area contributed by atoms with Gasteiger partial charge in [-0.25, -0.2) is 0 Å². The second kappa shape index (κ2) is 7.29. The number of carbonyl (C=O) groups excluding carboxylic acids is 1. The Morgan fingerprint density at radius 2 is 2.16 bits per heavy atom. The number of hydrogen-bond donors (Lipinski definition) is 2. The number of piperidine rings is 1. The lowest BCUT2D eigenvalue weighted by Crippen LogP contribution is -2.48. The lowest BCUT2D eigenvalue weighted by Gasteiger charge is -2.30. The van der Waals surface area contributed by atoms with E-state index in [9.17, 15) is 4.79 Å². The monoisotopic (exact) mass is 260 g/mol. The van der Waals surface area contributed by atoms with Crippen molar-refractivity contribution < 1.29 is 4.79 Å². The van der Waals surface area contributed by atoms with Crippen LogP contribution < -0.4 is 10.6 Å². The molecule has 1 aromatic carbocycles. The molecule has 2 atom stereocenters. The highest BCUT2D eigenvalue weighted by molar-refractivity contribution is 5.76. The van der Waals surface area contributed by atoms with E-state index < -0.39 is 0 Å². The van der Waals surface area contributed by atoms with E-state index in [-0.39, 0.29) is 5.91 Å². The van der Waals surface area contributed by atoms with Crippen LogP contribution in [0, 0.1) is 5.92 Å². The van der Waals surface area contributed by atoms with Gasteiger partial charge in [0.15, 0.2) is 0 Å². The molecule has 1 aliphatic rings. The number of carbonyl (C=O) groups is 1.